The topological polar surface area (TPSA) is 64.0 Å². The molecular formula is C23H20F3N3O2S. The van der Waals surface area contributed by atoms with Crippen molar-refractivity contribution in [1.29, 1.82) is 0 Å². The van der Waals surface area contributed by atoms with Crippen molar-refractivity contribution >= 4 is 17.7 Å². The van der Waals surface area contributed by atoms with E-state index in [9.17, 15) is 22.8 Å². The number of aryl methyl sites for hydroxylation is 1. The second kappa shape index (κ2) is 8.46. The smallest absolute Gasteiger partial charge is 0.352 e. The Kier molecular flexibility index (Phi) is 5.85. The van der Waals surface area contributed by atoms with E-state index in [1.165, 1.54) is 23.9 Å². The van der Waals surface area contributed by atoms with Crippen molar-refractivity contribution < 1.29 is 18.0 Å². The molecule has 0 bridgehead atoms. The number of halogens is 3. The van der Waals surface area contributed by atoms with E-state index >= 15 is 0 Å². The minimum absolute atomic E-state index is 0.0443. The SMILES string of the molecule is CCNC(=O)c1c2n(c(C)cc1=O)-c1cc(C(F)(F)F)ccc1SC(c1cccnc1)C2. The predicted molar refractivity (Wildman–Crippen MR) is 116 cm³/mol. The van der Waals surface area contributed by atoms with Gasteiger partial charge in [-0.3, -0.25) is 14.6 Å². The van der Waals surface area contributed by atoms with Crippen LogP contribution in [0.3, 0.4) is 0 Å². The lowest BCUT2D eigenvalue weighted by Gasteiger charge is -2.20. The van der Waals surface area contributed by atoms with Gasteiger partial charge in [0.2, 0.25) is 0 Å². The van der Waals surface area contributed by atoms with Crippen LogP contribution in [0.1, 0.15) is 45.0 Å². The summed E-state index contributed by atoms with van der Waals surface area (Å²) in [5.74, 6) is -0.536. The van der Waals surface area contributed by atoms with Gasteiger partial charge in [-0.05, 0) is 43.7 Å². The van der Waals surface area contributed by atoms with E-state index in [0.717, 1.165) is 17.7 Å². The Morgan fingerprint density at radius 3 is 2.72 bits per heavy atom. The van der Waals surface area contributed by atoms with Crippen molar-refractivity contribution in [2.75, 3.05) is 6.54 Å². The molecule has 3 heterocycles. The molecule has 1 aromatic carbocycles. The van der Waals surface area contributed by atoms with Crippen LogP contribution in [0.15, 0.2) is 58.5 Å². The number of hydrogen-bond donors (Lipinski definition) is 1. The van der Waals surface area contributed by atoms with Crippen LogP contribution in [-0.2, 0) is 12.6 Å². The van der Waals surface area contributed by atoms with Crippen LogP contribution in [0, 0.1) is 6.92 Å². The number of pyridine rings is 2. The molecule has 0 radical (unpaired) electrons. The molecule has 1 aliphatic heterocycles. The number of benzene rings is 1. The Labute approximate surface area is 186 Å². The molecule has 0 fully saturated rings. The third-order valence-electron chi connectivity index (χ3n) is 5.29. The van der Waals surface area contributed by atoms with Gasteiger partial charge in [0.1, 0.15) is 5.56 Å². The number of amides is 1. The van der Waals surface area contributed by atoms with Gasteiger partial charge in [0.05, 0.1) is 11.3 Å². The number of hydrogen-bond acceptors (Lipinski definition) is 4. The summed E-state index contributed by atoms with van der Waals surface area (Å²) >= 11 is 1.39. The maximum absolute atomic E-state index is 13.5. The van der Waals surface area contributed by atoms with Gasteiger partial charge in [0.25, 0.3) is 5.91 Å². The summed E-state index contributed by atoms with van der Waals surface area (Å²) in [4.78, 5) is 30.5. The Balaban J connectivity index is 2.04. The number of rotatable bonds is 3. The molecule has 0 saturated heterocycles. The van der Waals surface area contributed by atoms with Gasteiger partial charge in [0.15, 0.2) is 5.43 Å². The van der Waals surface area contributed by atoms with E-state index in [-0.39, 0.29) is 17.2 Å². The number of carbonyl (C=O) groups excluding carboxylic acids is 1. The lowest BCUT2D eigenvalue weighted by molar-refractivity contribution is -0.137. The standard InChI is InChI=1S/C23H20F3N3O2S/c1-3-28-22(31)21-17-11-20(14-5-4-8-27-12-14)32-19-7-6-15(23(24,25)26)10-16(19)29(17)13(2)9-18(21)30/h4-10,12,20H,3,11H2,1-2H3,(H,28,31). The highest BCUT2D eigenvalue weighted by Crippen LogP contribution is 2.45. The molecule has 1 atom stereocenters. The monoisotopic (exact) mass is 459 g/mol. The average Bonchev–Trinajstić information content (AvgIpc) is 2.90. The van der Waals surface area contributed by atoms with Crippen LogP contribution in [0.4, 0.5) is 13.2 Å². The van der Waals surface area contributed by atoms with Gasteiger partial charge >= 0.3 is 6.18 Å². The van der Waals surface area contributed by atoms with E-state index in [0.29, 0.717) is 28.5 Å². The molecule has 2 aromatic heterocycles. The minimum atomic E-state index is -4.52. The molecule has 5 nitrogen and oxygen atoms in total. The van der Waals surface area contributed by atoms with Crippen LogP contribution in [-0.4, -0.2) is 22.0 Å². The summed E-state index contributed by atoms with van der Waals surface area (Å²) in [6.45, 7) is 3.72. The minimum Gasteiger partial charge on any atom is -0.352 e. The Hall–Kier alpha value is -3.07. The van der Waals surface area contributed by atoms with Gasteiger partial charge in [-0.15, -0.1) is 11.8 Å². The Morgan fingerprint density at radius 1 is 1.28 bits per heavy atom. The van der Waals surface area contributed by atoms with Gasteiger partial charge in [0, 0.05) is 53.0 Å². The molecule has 0 spiro atoms. The second-order valence-electron chi connectivity index (χ2n) is 7.44. The number of nitrogens with one attached hydrogen (secondary N) is 1. The van der Waals surface area contributed by atoms with Crippen molar-refractivity contribution in [3.05, 3.63) is 87.1 Å². The molecule has 1 N–H and O–H groups in total. The van der Waals surface area contributed by atoms with Crippen LogP contribution < -0.4 is 10.7 Å². The highest BCUT2D eigenvalue weighted by Gasteiger charge is 2.34. The second-order valence-corrected chi connectivity index (χ2v) is 8.69. The molecule has 1 aliphatic rings. The fourth-order valence-electron chi connectivity index (χ4n) is 3.90. The van der Waals surface area contributed by atoms with Crippen molar-refractivity contribution in [3.63, 3.8) is 0 Å². The number of thioether (sulfide) groups is 1. The van der Waals surface area contributed by atoms with Gasteiger partial charge in [-0.25, -0.2) is 0 Å². The fraction of sp³-hybridized carbons (Fsp3) is 0.261. The van der Waals surface area contributed by atoms with E-state index < -0.39 is 23.1 Å². The van der Waals surface area contributed by atoms with E-state index in [2.05, 4.69) is 10.3 Å². The van der Waals surface area contributed by atoms with Crippen LogP contribution >= 0.6 is 11.8 Å². The number of alkyl halides is 3. The number of fused-ring (bicyclic) bond motifs is 3. The van der Waals surface area contributed by atoms with E-state index in [4.69, 9.17) is 0 Å². The summed E-state index contributed by atoms with van der Waals surface area (Å²) < 4.78 is 42.1. The summed E-state index contributed by atoms with van der Waals surface area (Å²) in [7, 11) is 0. The normalized spacial score (nSPS) is 15.5. The maximum atomic E-state index is 13.5. The van der Waals surface area contributed by atoms with Crippen molar-refractivity contribution in [2.45, 2.75) is 36.6 Å². The molecule has 0 saturated carbocycles. The zero-order valence-electron chi connectivity index (χ0n) is 17.4. The van der Waals surface area contributed by atoms with Crippen LogP contribution in [0.5, 0.6) is 0 Å². The van der Waals surface area contributed by atoms with Crippen LogP contribution in [0.2, 0.25) is 0 Å². The molecular weight excluding hydrogens is 439 g/mol. The van der Waals surface area contributed by atoms with E-state index in [1.54, 1.807) is 36.9 Å². The summed E-state index contributed by atoms with van der Waals surface area (Å²) in [5.41, 5.74) is 0.718. The molecule has 32 heavy (non-hydrogen) atoms. The van der Waals surface area contributed by atoms with Crippen molar-refractivity contribution in [3.8, 4) is 5.69 Å². The molecule has 1 unspecified atom stereocenters. The molecule has 9 heteroatoms. The molecule has 3 aromatic rings. The largest absolute Gasteiger partial charge is 0.416 e. The average molecular weight is 459 g/mol. The molecule has 1 amide bonds. The van der Waals surface area contributed by atoms with Gasteiger partial charge in [-0.1, -0.05) is 6.07 Å². The maximum Gasteiger partial charge on any atom is 0.416 e. The fourth-order valence-corrected chi connectivity index (χ4v) is 5.15. The first-order chi connectivity index (χ1) is 15.2. The quantitative estimate of drug-likeness (QED) is 0.617. The highest BCUT2D eigenvalue weighted by atomic mass is 32.2. The third-order valence-corrected chi connectivity index (χ3v) is 6.62. The number of nitrogens with zero attached hydrogens (tertiary/aromatic N) is 2. The van der Waals surface area contributed by atoms with Gasteiger partial charge in [-0.2, -0.15) is 13.2 Å². The zero-order valence-corrected chi connectivity index (χ0v) is 18.2. The third kappa shape index (κ3) is 4.04. The first-order valence-electron chi connectivity index (χ1n) is 10.0. The van der Waals surface area contributed by atoms with E-state index in [1.807, 2.05) is 6.07 Å². The molecule has 4 rings (SSSR count). The summed E-state index contributed by atoms with van der Waals surface area (Å²) in [6.07, 6.45) is -0.923. The van der Waals surface area contributed by atoms with Crippen molar-refractivity contribution in [1.82, 2.24) is 14.9 Å². The van der Waals surface area contributed by atoms with Crippen LogP contribution in [0.25, 0.3) is 5.69 Å². The Morgan fingerprint density at radius 2 is 2.06 bits per heavy atom. The molecule has 0 aliphatic carbocycles. The number of carbonyl (C=O) groups is 1. The first-order valence-corrected chi connectivity index (χ1v) is 10.9. The molecule has 166 valence electrons. The zero-order chi connectivity index (χ0) is 23.0. The number of aromatic nitrogens is 2. The summed E-state index contributed by atoms with van der Waals surface area (Å²) in [5, 5.41) is 2.41. The first kappa shape index (κ1) is 22.1. The summed E-state index contributed by atoms with van der Waals surface area (Å²) in [6, 6.07) is 8.54. The lowest BCUT2D eigenvalue weighted by Crippen LogP contribution is -2.32. The Bertz CT molecular complexity index is 1240. The van der Waals surface area contributed by atoms with Gasteiger partial charge < -0.3 is 9.88 Å². The predicted octanol–water partition coefficient (Wildman–Crippen LogP) is 4.70. The highest BCUT2D eigenvalue weighted by molar-refractivity contribution is 7.99. The lowest BCUT2D eigenvalue weighted by atomic mass is 10.0. The van der Waals surface area contributed by atoms with Crippen molar-refractivity contribution in [2.24, 2.45) is 0 Å².